The SMILES string of the molecule is NC(=O)C(=O)Nc1ccc(Cl)c(N)c1. The van der Waals surface area contributed by atoms with Gasteiger partial charge in [0.15, 0.2) is 0 Å². The number of rotatable bonds is 1. The molecule has 0 saturated heterocycles. The predicted molar refractivity (Wildman–Crippen MR) is 53.7 cm³/mol. The van der Waals surface area contributed by atoms with Crippen molar-refractivity contribution in [2.24, 2.45) is 5.73 Å². The van der Waals surface area contributed by atoms with Crippen molar-refractivity contribution >= 4 is 34.8 Å². The van der Waals surface area contributed by atoms with Crippen LogP contribution in [0.25, 0.3) is 0 Å². The van der Waals surface area contributed by atoms with Crippen LogP contribution in [0, 0.1) is 0 Å². The third kappa shape index (κ3) is 2.37. The van der Waals surface area contributed by atoms with E-state index in [-0.39, 0.29) is 0 Å². The van der Waals surface area contributed by atoms with Gasteiger partial charge in [0.1, 0.15) is 0 Å². The molecule has 14 heavy (non-hydrogen) atoms. The van der Waals surface area contributed by atoms with Gasteiger partial charge >= 0.3 is 11.8 Å². The zero-order valence-electron chi connectivity index (χ0n) is 7.08. The largest absolute Gasteiger partial charge is 0.397 e. The fourth-order valence-corrected chi connectivity index (χ4v) is 0.932. The van der Waals surface area contributed by atoms with Gasteiger partial charge in [-0.1, -0.05) is 11.6 Å². The minimum absolute atomic E-state index is 0.314. The van der Waals surface area contributed by atoms with Crippen LogP contribution in [0.15, 0.2) is 18.2 Å². The van der Waals surface area contributed by atoms with Crippen LogP contribution < -0.4 is 16.8 Å². The van der Waals surface area contributed by atoms with Gasteiger partial charge in [0.05, 0.1) is 10.7 Å². The number of carbonyl (C=O) groups excluding carboxylic acids is 2. The maximum Gasteiger partial charge on any atom is 0.313 e. The number of carbonyl (C=O) groups is 2. The van der Waals surface area contributed by atoms with Gasteiger partial charge in [-0.3, -0.25) is 9.59 Å². The van der Waals surface area contributed by atoms with Crippen molar-refractivity contribution in [1.82, 2.24) is 0 Å². The highest BCUT2D eigenvalue weighted by Crippen LogP contribution is 2.22. The van der Waals surface area contributed by atoms with E-state index in [1.807, 2.05) is 0 Å². The Morgan fingerprint density at radius 1 is 1.36 bits per heavy atom. The quantitative estimate of drug-likeness (QED) is 0.464. The topological polar surface area (TPSA) is 98.2 Å². The van der Waals surface area contributed by atoms with Crippen LogP contribution in [0.2, 0.25) is 5.02 Å². The van der Waals surface area contributed by atoms with Crippen LogP contribution >= 0.6 is 11.6 Å². The molecule has 1 aromatic carbocycles. The van der Waals surface area contributed by atoms with Crippen LogP contribution in [-0.2, 0) is 9.59 Å². The number of nitrogens with two attached hydrogens (primary N) is 2. The number of hydrogen-bond donors (Lipinski definition) is 3. The monoisotopic (exact) mass is 213 g/mol. The maximum atomic E-state index is 10.8. The van der Waals surface area contributed by atoms with E-state index in [0.29, 0.717) is 16.4 Å². The number of anilines is 2. The van der Waals surface area contributed by atoms with Gasteiger partial charge in [-0.25, -0.2) is 0 Å². The normalized spacial score (nSPS) is 9.50. The van der Waals surface area contributed by atoms with Gasteiger partial charge in [0.2, 0.25) is 0 Å². The van der Waals surface area contributed by atoms with Gasteiger partial charge in [-0.15, -0.1) is 0 Å². The Bertz CT molecular complexity index is 392. The van der Waals surface area contributed by atoms with Crippen LogP contribution in [0.3, 0.4) is 0 Å². The molecule has 0 saturated carbocycles. The van der Waals surface area contributed by atoms with E-state index in [0.717, 1.165) is 0 Å². The standard InChI is InChI=1S/C8H8ClN3O2/c9-5-2-1-4(3-6(5)10)12-8(14)7(11)13/h1-3H,10H2,(H2,11,13)(H,12,14). The third-order valence-corrected chi connectivity index (χ3v) is 1.82. The molecular weight excluding hydrogens is 206 g/mol. The molecule has 6 heteroatoms. The van der Waals surface area contributed by atoms with Crippen molar-refractivity contribution < 1.29 is 9.59 Å². The molecule has 74 valence electrons. The molecule has 2 amide bonds. The highest BCUT2D eigenvalue weighted by molar-refractivity contribution is 6.39. The molecule has 1 aromatic rings. The molecule has 0 aliphatic carbocycles. The predicted octanol–water partition coefficient (Wildman–Crippen LogP) is 0.346. The van der Waals surface area contributed by atoms with E-state index in [9.17, 15) is 9.59 Å². The summed E-state index contributed by atoms with van der Waals surface area (Å²) in [5.41, 5.74) is 10.9. The molecule has 0 bridgehead atoms. The Balaban J connectivity index is 2.83. The summed E-state index contributed by atoms with van der Waals surface area (Å²) in [6.45, 7) is 0. The Labute approximate surface area is 85.0 Å². The Hall–Kier alpha value is -1.75. The summed E-state index contributed by atoms with van der Waals surface area (Å²) in [7, 11) is 0. The lowest BCUT2D eigenvalue weighted by molar-refractivity contribution is -0.134. The van der Waals surface area contributed by atoms with E-state index >= 15 is 0 Å². The summed E-state index contributed by atoms with van der Waals surface area (Å²) in [6, 6.07) is 4.45. The van der Waals surface area contributed by atoms with Crippen molar-refractivity contribution in [2.45, 2.75) is 0 Å². The maximum absolute atomic E-state index is 10.8. The minimum Gasteiger partial charge on any atom is -0.397 e. The summed E-state index contributed by atoms with van der Waals surface area (Å²) in [4.78, 5) is 21.3. The molecule has 0 unspecified atom stereocenters. The first-order valence-electron chi connectivity index (χ1n) is 3.66. The van der Waals surface area contributed by atoms with E-state index < -0.39 is 11.8 Å². The average Bonchev–Trinajstić information content (AvgIpc) is 2.11. The first kappa shape index (κ1) is 10.3. The molecular formula is C8H8ClN3O2. The molecule has 0 aromatic heterocycles. The number of benzene rings is 1. The minimum atomic E-state index is -1.06. The Morgan fingerprint density at radius 2 is 2.00 bits per heavy atom. The molecule has 5 nitrogen and oxygen atoms in total. The molecule has 0 aliphatic heterocycles. The van der Waals surface area contributed by atoms with Gasteiger partial charge in [-0.05, 0) is 18.2 Å². The van der Waals surface area contributed by atoms with E-state index in [2.05, 4.69) is 5.32 Å². The number of hydrogen-bond acceptors (Lipinski definition) is 3. The smallest absolute Gasteiger partial charge is 0.313 e. The number of primary amides is 1. The van der Waals surface area contributed by atoms with Crippen molar-refractivity contribution in [1.29, 1.82) is 0 Å². The average molecular weight is 214 g/mol. The number of halogens is 1. The molecule has 0 radical (unpaired) electrons. The summed E-state index contributed by atoms with van der Waals surface area (Å²) >= 11 is 5.65. The Morgan fingerprint density at radius 3 is 2.50 bits per heavy atom. The highest BCUT2D eigenvalue weighted by Gasteiger charge is 2.08. The highest BCUT2D eigenvalue weighted by atomic mass is 35.5. The molecule has 0 heterocycles. The lowest BCUT2D eigenvalue weighted by Gasteiger charge is -2.04. The zero-order valence-corrected chi connectivity index (χ0v) is 7.84. The molecule has 0 aliphatic rings. The van der Waals surface area contributed by atoms with Crippen molar-refractivity contribution in [3.05, 3.63) is 23.2 Å². The van der Waals surface area contributed by atoms with Gasteiger partial charge in [0.25, 0.3) is 0 Å². The summed E-state index contributed by atoms with van der Waals surface area (Å²) in [5, 5.41) is 2.63. The van der Waals surface area contributed by atoms with Crippen molar-refractivity contribution in [3.63, 3.8) is 0 Å². The molecule has 5 N–H and O–H groups in total. The van der Waals surface area contributed by atoms with Crippen molar-refractivity contribution in [3.8, 4) is 0 Å². The van der Waals surface area contributed by atoms with Gasteiger partial charge in [0, 0.05) is 5.69 Å². The van der Waals surface area contributed by atoms with Crippen molar-refractivity contribution in [2.75, 3.05) is 11.1 Å². The van der Waals surface area contributed by atoms with E-state index in [4.69, 9.17) is 23.1 Å². The van der Waals surface area contributed by atoms with Crippen LogP contribution in [0.5, 0.6) is 0 Å². The molecule has 0 spiro atoms. The first-order chi connectivity index (χ1) is 6.50. The zero-order chi connectivity index (χ0) is 10.7. The second kappa shape index (κ2) is 3.97. The van der Waals surface area contributed by atoms with Gasteiger partial charge in [-0.2, -0.15) is 0 Å². The third-order valence-electron chi connectivity index (χ3n) is 1.48. The number of nitrogens with one attached hydrogen (secondary N) is 1. The summed E-state index contributed by atoms with van der Waals surface area (Å²) in [5.74, 6) is -1.95. The van der Waals surface area contributed by atoms with Gasteiger partial charge < -0.3 is 16.8 Å². The Kier molecular flexibility index (Phi) is 2.93. The van der Waals surface area contributed by atoms with Crippen LogP contribution in [-0.4, -0.2) is 11.8 Å². The summed E-state index contributed by atoms with van der Waals surface area (Å²) < 4.78 is 0. The van der Waals surface area contributed by atoms with E-state index in [1.54, 1.807) is 0 Å². The first-order valence-corrected chi connectivity index (χ1v) is 4.04. The van der Waals surface area contributed by atoms with E-state index in [1.165, 1.54) is 18.2 Å². The van der Waals surface area contributed by atoms with Crippen LogP contribution in [0.1, 0.15) is 0 Å². The lowest BCUT2D eigenvalue weighted by atomic mass is 10.3. The molecule has 0 fully saturated rings. The molecule has 0 atom stereocenters. The number of amides is 2. The fourth-order valence-electron chi connectivity index (χ4n) is 0.814. The summed E-state index contributed by atoms with van der Waals surface area (Å²) in [6.07, 6.45) is 0. The fraction of sp³-hybridized carbons (Fsp3) is 0. The molecule has 1 rings (SSSR count). The lowest BCUT2D eigenvalue weighted by Crippen LogP contribution is -2.29. The van der Waals surface area contributed by atoms with Crippen LogP contribution in [0.4, 0.5) is 11.4 Å². The second-order valence-corrected chi connectivity index (χ2v) is 2.96. The second-order valence-electron chi connectivity index (χ2n) is 2.55. The number of nitrogen functional groups attached to an aromatic ring is 1.